The lowest BCUT2D eigenvalue weighted by Gasteiger charge is -2.04. The smallest absolute Gasteiger partial charge is 0.0847 e. The van der Waals surface area contributed by atoms with Crippen LogP contribution in [0.4, 0.5) is 0 Å². The van der Waals surface area contributed by atoms with Crippen LogP contribution in [0.1, 0.15) is 11.1 Å². The van der Waals surface area contributed by atoms with Crippen molar-refractivity contribution >= 4 is 21.6 Å². The molecule has 0 aliphatic carbocycles. The van der Waals surface area contributed by atoms with Crippen molar-refractivity contribution in [3.05, 3.63) is 28.8 Å². The van der Waals surface area contributed by atoms with Crippen LogP contribution in [0.3, 0.4) is 0 Å². The molecule has 1 N–H and O–H groups in total. The molecule has 0 saturated carbocycles. The van der Waals surface area contributed by atoms with Gasteiger partial charge >= 0.3 is 0 Å². The first-order valence-corrected chi connectivity index (χ1v) is 5.88. The average Bonchev–Trinajstić information content (AvgIpc) is 2.55. The van der Waals surface area contributed by atoms with Crippen molar-refractivity contribution in [1.29, 1.82) is 0 Å². The quantitative estimate of drug-likeness (QED) is 0.710. The Morgan fingerprint density at radius 2 is 2.14 bits per heavy atom. The van der Waals surface area contributed by atoms with Crippen LogP contribution in [0.15, 0.2) is 17.6 Å². The highest BCUT2D eigenvalue weighted by atomic mass is 32.1. The summed E-state index contributed by atoms with van der Waals surface area (Å²) in [7, 11) is 0. The summed E-state index contributed by atoms with van der Waals surface area (Å²) >= 11 is 1.74. The summed E-state index contributed by atoms with van der Waals surface area (Å²) in [4.78, 5) is 4.46. The molecule has 2 nitrogen and oxygen atoms in total. The second-order valence-corrected chi connectivity index (χ2v) is 4.54. The minimum absolute atomic E-state index is 1.09. The number of hydrogen-bond acceptors (Lipinski definition) is 3. The number of fused-ring (bicyclic) bond motifs is 3. The van der Waals surface area contributed by atoms with Gasteiger partial charge in [-0.05, 0) is 43.1 Å². The van der Waals surface area contributed by atoms with Gasteiger partial charge in [-0.2, -0.15) is 0 Å². The van der Waals surface area contributed by atoms with Crippen molar-refractivity contribution in [3.63, 3.8) is 0 Å². The van der Waals surface area contributed by atoms with Gasteiger partial charge in [-0.3, -0.25) is 0 Å². The van der Waals surface area contributed by atoms with E-state index in [9.17, 15) is 0 Å². The van der Waals surface area contributed by atoms with E-state index in [1.54, 1.807) is 11.3 Å². The van der Waals surface area contributed by atoms with E-state index in [0.29, 0.717) is 0 Å². The van der Waals surface area contributed by atoms with Crippen LogP contribution in [-0.4, -0.2) is 18.1 Å². The summed E-state index contributed by atoms with van der Waals surface area (Å²) < 4.78 is 1.32. The van der Waals surface area contributed by atoms with Gasteiger partial charge in [0.15, 0.2) is 0 Å². The molecule has 2 aromatic rings. The monoisotopic (exact) mass is 204 g/mol. The fourth-order valence-corrected chi connectivity index (χ4v) is 2.81. The van der Waals surface area contributed by atoms with Crippen molar-refractivity contribution in [1.82, 2.24) is 10.3 Å². The van der Waals surface area contributed by atoms with Gasteiger partial charge in [-0.15, -0.1) is 11.3 Å². The fourth-order valence-electron chi connectivity index (χ4n) is 2.10. The van der Waals surface area contributed by atoms with E-state index in [0.717, 1.165) is 25.9 Å². The third-order valence-corrected chi connectivity index (χ3v) is 3.62. The highest BCUT2D eigenvalue weighted by Gasteiger charge is 2.11. The van der Waals surface area contributed by atoms with Crippen molar-refractivity contribution < 1.29 is 0 Å². The lowest BCUT2D eigenvalue weighted by atomic mass is 10.0. The summed E-state index contributed by atoms with van der Waals surface area (Å²) in [6.45, 7) is 2.19. The normalized spacial score (nSPS) is 16.6. The van der Waals surface area contributed by atoms with Crippen molar-refractivity contribution in [2.24, 2.45) is 0 Å². The summed E-state index contributed by atoms with van der Waals surface area (Å²) in [5.74, 6) is 0. The van der Waals surface area contributed by atoms with Gasteiger partial charge in [0.1, 0.15) is 0 Å². The molecule has 3 heteroatoms. The summed E-state index contributed by atoms with van der Waals surface area (Å²) in [5.41, 5.74) is 6.13. The first kappa shape index (κ1) is 8.38. The standard InChI is InChI=1S/C11H12N2S/c1-2-10-11(13-7-14-10)9-4-6-12-5-3-8(1)9/h1-2,7,12H,3-6H2. The van der Waals surface area contributed by atoms with Gasteiger partial charge in [0.05, 0.1) is 15.7 Å². The third-order valence-electron chi connectivity index (χ3n) is 2.83. The van der Waals surface area contributed by atoms with E-state index in [-0.39, 0.29) is 0 Å². The molecule has 1 aromatic carbocycles. The molecule has 0 radical (unpaired) electrons. The van der Waals surface area contributed by atoms with Crippen molar-refractivity contribution in [2.45, 2.75) is 12.8 Å². The molecule has 1 aliphatic rings. The molecule has 72 valence electrons. The Bertz CT molecular complexity index is 461. The van der Waals surface area contributed by atoms with Crippen LogP contribution in [0.2, 0.25) is 0 Å². The lowest BCUT2D eigenvalue weighted by Crippen LogP contribution is -2.16. The van der Waals surface area contributed by atoms with E-state index in [2.05, 4.69) is 22.4 Å². The van der Waals surface area contributed by atoms with E-state index in [1.165, 1.54) is 21.3 Å². The molecule has 0 fully saturated rings. The maximum Gasteiger partial charge on any atom is 0.0847 e. The Hall–Kier alpha value is -0.930. The highest BCUT2D eigenvalue weighted by molar-refractivity contribution is 7.16. The van der Waals surface area contributed by atoms with Gasteiger partial charge < -0.3 is 5.32 Å². The van der Waals surface area contributed by atoms with Crippen LogP contribution >= 0.6 is 11.3 Å². The number of nitrogens with one attached hydrogen (secondary N) is 1. The fraction of sp³-hybridized carbons (Fsp3) is 0.364. The van der Waals surface area contributed by atoms with Crippen LogP contribution in [0.25, 0.3) is 10.2 Å². The lowest BCUT2D eigenvalue weighted by molar-refractivity contribution is 0.711. The first-order valence-electron chi connectivity index (χ1n) is 5.00. The molecule has 0 saturated heterocycles. The Balaban J connectivity index is 2.26. The van der Waals surface area contributed by atoms with Crippen LogP contribution < -0.4 is 5.32 Å². The maximum atomic E-state index is 4.46. The minimum Gasteiger partial charge on any atom is -0.316 e. The molecule has 14 heavy (non-hydrogen) atoms. The third kappa shape index (κ3) is 1.24. The first-order chi connectivity index (χ1) is 6.95. The summed E-state index contributed by atoms with van der Waals surface area (Å²) in [5, 5.41) is 3.43. The second kappa shape index (κ2) is 3.33. The van der Waals surface area contributed by atoms with Crippen LogP contribution in [0, 0.1) is 0 Å². The maximum absolute atomic E-state index is 4.46. The molecule has 2 heterocycles. The molecular formula is C11H12N2S. The van der Waals surface area contributed by atoms with Crippen LogP contribution in [0.5, 0.6) is 0 Å². The van der Waals surface area contributed by atoms with E-state index >= 15 is 0 Å². The predicted octanol–water partition coefficient (Wildman–Crippen LogP) is 1.98. The van der Waals surface area contributed by atoms with Gasteiger partial charge in [0.25, 0.3) is 0 Å². The zero-order valence-electron chi connectivity index (χ0n) is 7.92. The second-order valence-electron chi connectivity index (χ2n) is 3.65. The van der Waals surface area contributed by atoms with Crippen molar-refractivity contribution in [3.8, 4) is 0 Å². The van der Waals surface area contributed by atoms with E-state index in [4.69, 9.17) is 0 Å². The Morgan fingerprint density at radius 3 is 3.14 bits per heavy atom. The number of thiazole rings is 1. The zero-order valence-corrected chi connectivity index (χ0v) is 8.73. The number of rotatable bonds is 0. The minimum atomic E-state index is 1.09. The summed E-state index contributed by atoms with van der Waals surface area (Å²) in [6, 6.07) is 4.47. The largest absolute Gasteiger partial charge is 0.316 e. The number of aromatic nitrogens is 1. The van der Waals surface area contributed by atoms with Crippen molar-refractivity contribution in [2.75, 3.05) is 13.1 Å². The van der Waals surface area contributed by atoms with Gasteiger partial charge in [-0.25, -0.2) is 4.98 Å². The molecule has 1 aromatic heterocycles. The Labute approximate surface area is 87.0 Å². The Kier molecular flexibility index (Phi) is 2.00. The van der Waals surface area contributed by atoms with Gasteiger partial charge in [-0.1, -0.05) is 6.07 Å². The molecule has 0 spiro atoms. The molecule has 3 rings (SSSR count). The number of nitrogens with zero attached hydrogens (tertiary/aromatic N) is 1. The predicted molar refractivity (Wildman–Crippen MR) is 59.9 cm³/mol. The Morgan fingerprint density at radius 1 is 1.21 bits per heavy atom. The molecule has 0 amide bonds. The molecule has 0 unspecified atom stereocenters. The molecule has 0 bridgehead atoms. The van der Waals surface area contributed by atoms with Gasteiger partial charge in [0, 0.05) is 0 Å². The molecule has 1 aliphatic heterocycles. The van der Waals surface area contributed by atoms with Gasteiger partial charge in [0.2, 0.25) is 0 Å². The van der Waals surface area contributed by atoms with E-state index in [1.807, 2.05) is 5.51 Å². The number of hydrogen-bond donors (Lipinski definition) is 1. The summed E-state index contributed by atoms with van der Waals surface area (Å²) in [6.07, 6.45) is 2.26. The number of benzene rings is 1. The topological polar surface area (TPSA) is 24.9 Å². The van der Waals surface area contributed by atoms with E-state index < -0.39 is 0 Å². The molecule has 0 atom stereocenters. The highest BCUT2D eigenvalue weighted by Crippen LogP contribution is 2.25. The van der Waals surface area contributed by atoms with Crippen LogP contribution in [-0.2, 0) is 12.8 Å². The average molecular weight is 204 g/mol. The zero-order chi connectivity index (χ0) is 9.38. The molecular weight excluding hydrogens is 192 g/mol. The SMILES string of the molecule is c1nc2c3c(ccc2s1)CCNCC3.